The first-order valence-electron chi connectivity index (χ1n) is 6.48. The van der Waals surface area contributed by atoms with Gasteiger partial charge in [-0.15, -0.1) is 0 Å². The number of thioether (sulfide) groups is 1. The van der Waals surface area contributed by atoms with E-state index in [1.807, 2.05) is 25.1 Å². The topological polar surface area (TPSA) is 51.0 Å². The first-order chi connectivity index (χ1) is 9.28. The summed E-state index contributed by atoms with van der Waals surface area (Å²) in [4.78, 5) is 8.57. The first-order valence-corrected chi connectivity index (χ1v) is 7.47. The Hall–Kier alpha value is -1.33. The third kappa shape index (κ3) is 4.69. The van der Waals surface area contributed by atoms with Gasteiger partial charge in [0.25, 0.3) is 0 Å². The van der Waals surface area contributed by atoms with E-state index >= 15 is 0 Å². The maximum absolute atomic E-state index is 5.74. The average molecular weight is 277 g/mol. The van der Waals surface area contributed by atoms with Gasteiger partial charge in [-0.05, 0) is 38.1 Å². The Morgan fingerprint density at radius 1 is 1.26 bits per heavy atom. The summed E-state index contributed by atoms with van der Waals surface area (Å²) in [5, 5.41) is 4.11. The Labute approximate surface area is 118 Å². The van der Waals surface area contributed by atoms with E-state index in [1.165, 1.54) is 0 Å². The van der Waals surface area contributed by atoms with Crippen molar-refractivity contribution in [2.75, 3.05) is 6.54 Å². The lowest BCUT2D eigenvalue weighted by Crippen LogP contribution is -2.12. The molecule has 5 heteroatoms. The smallest absolute Gasteiger partial charge is 0.188 e. The predicted molar refractivity (Wildman–Crippen MR) is 77.0 cm³/mol. The van der Waals surface area contributed by atoms with E-state index in [9.17, 15) is 0 Å². The van der Waals surface area contributed by atoms with Gasteiger partial charge in [-0.1, -0.05) is 18.7 Å². The van der Waals surface area contributed by atoms with Gasteiger partial charge in [0.05, 0.1) is 12.3 Å². The van der Waals surface area contributed by atoms with Crippen LogP contribution in [0.25, 0.3) is 0 Å². The van der Waals surface area contributed by atoms with E-state index in [0.717, 1.165) is 47.6 Å². The minimum atomic E-state index is 0.761. The number of hydrogen-bond donors (Lipinski definition) is 1. The molecule has 0 saturated heterocycles. The van der Waals surface area contributed by atoms with Crippen LogP contribution in [0, 0.1) is 6.92 Å². The van der Waals surface area contributed by atoms with Crippen LogP contribution in [-0.4, -0.2) is 16.5 Å². The van der Waals surface area contributed by atoms with Gasteiger partial charge in [-0.25, -0.2) is 9.97 Å². The Bertz CT molecular complexity index is 513. The third-order valence-electron chi connectivity index (χ3n) is 2.56. The van der Waals surface area contributed by atoms with E-state index in [1.54, 1.807) is 18.0 Å². The predicted octanol–water partition coefficient (Wildman–Crippen LogP) is 3.17. The molecule has 0 bridgehead atoms. The lowest BCUT2D eigenvalue weighted by Gasteiger charge is -2.00. The summed E-state index contributed by atoms with van der Waals surface area (Å²) in [6.07, 6.45) is 2.92. The molecule has 102 valence electrons. The number of aromatic nitrogens is 2. The molecule has 0 saturated carbocycles. The zero-order valence-electron chi connectivity index (χ0n) is 11.3. The van der Waals surface area contributed by atoms with E-state index in [4.69, 9.17) is 4.42 Å². The summed E-state index contributed by atoms with van der Waals surface area (Å²) >= 11 is 1.59. The van der Waals surface area contributed by atoms with Crippen LogP contribution in [0.15, 0.2) is 34.0 Å². The summed E-state index contributed by atoms with van der Waals surface area (Å²) in [5.41, 5.74) is 0.987. The molecule has 0 atom stereocenters. The molecule has 0 fully saturated rings. The molecule has 2 aromatic heterocycles. The number of rotatable bonds is 7. The summed E-state index contributed by atoms with van der Waals surface area (Å²) < 4.78 is 5.74. The quantitative estimate of drug-likeness (QED) is 0.478. The number of nitrogens with one attached hydrogen (secondary N) is 1. The van der Waals surface area contributed by atoms with Crippen molar-refractivity contribution in [3.05, 3.63) is 41.6 Å². The van der Waals surface area contributed by atoms with Crippen LogP contribution in [-0.2, 0) is 12.3 Å². The van der Waals surface area contributed by atoms with Gasteiger partial charge in [-0.2, -0.15) is 0 Å². The molecule has 1 N–H and O–H groups in total. The summed E-state index contributed by atoms with van der Waals surface area (Å²) in [6.45, 7) is 5.93. The Morgan fingerprint density at radius 2 is 2.11 bits per heavy atom. The third-order valence-corrected chi connectivity index (χ3v) is 3.44. The normalized spacial score (nSPS) is 10.8. The van der Waals surface area contributed by atoms with Crippen LogP contribution in [0.5, 0.6) is 0 Å². The minimum Gasteiger partial charge on any atom is -0.464 e. The van der Waals surface area contributed by atoms with Crippen LogP contribution in [0.4, 0.5) is 0 Å². The lowest BCUT2D eigenvalue weighted by atomic mass is 10.4. The Balaban J connectivity index is 1.83. The van der Waals surface area contributed by atoms with Gasteiger partial charge in [-0.3, -0.25) is 0 Å². The fraction of sp³-hybridized carbons (Fsp3) is 0.429. The van der Waals surface area contributed by atoms with Crippen molar-refractivity contribution in [3.8, 4) is 0 Å². The van der Waals surface area contributed by atoms with Crippen LogP contribution in [0.2, 0.25) is 0 Å². The van der Waals surface area contributed by atoms with Crippen molar-refractivity contribution in [1.82, 2.24) is 15.3 Å². The Morgan fingerprint density at radius 3 is 2.89 bits per heavy atom. The van der Waals surface area contributed by atoms with E-state index in [-0.39, 0.29) is 0 Å². The minimum absolute atomic E-state index is 0.761. The highest BCUT2D eigenvalue weighted by atomic mass is 32.2. The lowest BCUT2D eigenvalue weighted by molar-refractivity contribution is 0.459. The molecule has 0 aromatic carbocycles. The van der Waals surface area contributed by atoms with E-state index < -0.39 is 0 Å². The highest BCUT2D eigenvalue weighted by Gasteiger charge is 2.04. The van der Waals surface area contributed by atoms with Crippen molar-refractivity contribution < 1.29 is 4.42 Å². The molecule has 2 heterocycles. The first kappa shape index (κ1) is 14.1. The number of furan rings is 1. The van der Waals surface area contributed by atoms with Gasteiger partial charge < -0.3 is 9.73 Å². The maximum Gasteiger partial charge on any atom is 0.188 e. The number of nitrogens with zero attached hydrogens (tertiary/aromatic N) is 2. The van der Waals surface area contributed by atoms with E-state index in [0.29, 0.717) is 0 Å². The molecule has 2 aromatic rings. The highest BCUT2D eigenvalue weighted by molar-refractivity contribution is 7.98. The molecule has 2 rings (SSSR count). The Kier molecular flexibility index (Phi) is 5.42. The van der Waals surface area contributed by atoms with Gasteiger partial charge in [0.2, 0.25) is 0 Å². The monoisotopic (exact) mass is 277 g/mol. The summed E-state index contributed by atoms with van der Waals surface area (Å²) in [6, 6.07) is 5.94. The number of aryl methyl sites for hydroxylation is 1. The van der Waals surface area contributed by atoms with E-state index in [2.05, 4.69) is 22.2 Å². The van der Waals surface area contributed by atoms with Crippen LogP contribution in [0.1, 0.15) is 30.6 Å². The summed E-state index contributed by atoms with van der Waals surface area (Å²) in [5.74, 6) is 2.70. The second kappa shape index (κ2) is 7.31. The average Bonchev–Trinajstić information content (AvgIpc) is 2.85. The molecule has 0 aliphatic carbocycles. The molecule has 0 radical (unpaired) electrons. The largest absolute Gasteiger partial charge is 0.464 e. The molecule has 0 amide bonds. The molecule has 0 aliphatic heterocycles. The highest BCUT2D eigenvalue weighted by Crippen LogP contribution is 2.20. The maximum atomic E-state index is 5.74. The number of hydrogen-bond acceptors (Lipinski definition) is 5. The van der Waals surface area contributed by atoms with Crippen molar-refractivity contribution in [2.45, 2.75) is 37.7 Å². The second-order valence-corrected chi connectivity index (χ2v) is 5.26. The molecular formula is C14H19N3OS. The van der Waals surface area contributed by atoms with Gasteiger partial charge in [0, 0.05) is 11.9 Å². The van der Waals surface area contributed by atoms with Gasteiger partial charge >= 0.3 is 0 Å². The zero-order valence-corrected chi connectivity index (χ0v) is 12.2. The molecule has 0 aliphatic rings. The summed E-state index contributed by atoms with van der Waals surface area (Å²) in [7, 11) is 0. The van der Waals surface area contributed by atoms with Crippen molar-refractivity contribution in [2.24, 2.45) is 0 Å². The fourth-order valence-electron chi connectivity index (χ4n) is 1.61. The molecular weight excluding hydrogens is 258 g/mol. The van der Waals surface area contributed by atoms with Crippen molar-refractivity contribution >= 4 is 11.8 Å². The standard InChI is InChI=1S/C14H19N3OS/c1-3-7-15-9-12-4-5-13(18-12)10-19-14-16-8-6-11(2)17-14/h4-6,8,15H,3,7,9-10H2,1-2H3. The second-order valence-electron chi connectivity index (χ2n) is 4.31. The SMILES string of the molecule is CCCNCc1ccc(CSc2nccc(C)n2)o1. The zero-order chi connectivity index (χ0) is 13.5. The van der Waals surface area contributed by atoms with Gasteiger partial charge in [0.1, 0.15) is 11.5 Å². The molecule has 4 nitrogen and oxygen atoms in total. The molecule has 0 unspecified atom stereocenters. The van der Waals surface area contributed by atoms with Crippen LogP contribution in [0.3, 0.4) is 0 Å². The van der Waals surface area contributed by atoms with Crippen LogP contribution >= 0.6 is 11.8 Å². The molecule has 0 spiro atoms. The van der Waals surface area contributed by atoms with Crippen molar-refractivity contribution in [3.63, 3.8) is 0 Å². The fourth-order valence-corrected chi connectivity index (χ4v) is 2.38. The molecule has 19 heavy (non-hydrogen) atoms. The van der Waals surface area contributed by atoms with Crippen LogP contribution < -0.4 is 5.32 Å². The van der Waals surface area contributed by atoms with Gasteiger partial charge in [0.15, 0.2) is 5.16 Å². The van der Waals surface area contributed by atoms with Crippen molar-refractivity contribution in [1.29, 1.82) is 0 Å².